The van der Waals surface area contributed by atoms with E-state index < -0.39 is 0 Å². The van der Waals surface area contributed by atoms with Gasteiger partial charge in [0.1, 0.15) is 0 Å². The fraction of sp³-hybridized carbons (Fsp3) is 0.471. The number of nitrogens with two attached hydrogens (primary N) is 1. The van der Waals surface area contributed by atoms with Crippen LogP contribution in [0.3, 0.4) is 0 Å². The molecule has 1 aromatic carbocycles. The van der Waals surface area contributed by atoms with Crippen LogP contribution in [-0.4, -0.2) is 11.5 Å². The molecule has 4 heteroatoms. The molecule has 3 nitrogen and oxygen atoms in total. The van der Waals surface area contributed by atoms with Crippen LogP contribution in [0.25, 0.3) is 0 Å². The van der Waals surface area contributed by atoms with Crippen molar-refractivity contribution in [1.82, 2.24) is 4.98 Å². The first kappa shape index (κ1) is 14.5. The maximum absolute atomic E-state index is 5.92. The topological polar surface area (TPSA) is 42.2 Å². The lowest BCUT2D eigenvalue weighted by atomic mass is 9.91. The van der Waals surface area contributed by atoms with Gasteiger partial charge >= 0.3 is 0 Å². The number of hydrogen-bond donors (Lipinski definition) is 1. The van der Waals surface area contributed by atoms with Crippen molar-refractivity contribution in [3.8, 4) is 0 Å². The predicted molar refractivity (Wildman–Crippen MR) is 89.9 cm³/mol. The largest absolute Gasteiger partial charge is 0.343 e. The zero-order valence-electron chi connectivity index (χ0n) is 13.0. The number of benzene rings is 1. The summed E-state index contributed by atoms with van der Waals surface area (Å²) in [6.07, 6.45) is 1.10. The van der Waals surface area contributed by atoms with E-state index in [9.17, 15) is 0 Å². The Morgan fingerprint density at radius 1 is 1.24 bits per heavy atom. The van der Waals surface area contributed by atoms with Crippen LogP contribution >= 0.6 is 11.3 Å². The minimum absolute atomic E-state index is 0.0527. The van der Waals surface area contributed by atoms with Gasteiger partial charge < -0.3 is 10.6 Å². The number of aromatic nitrogens is 1. The van der Waals surface area contributed by atoms with E-state index in [1.807, 2.05) is 0 Å². The van der Waals surface area contributed by atoms with Gasteiger partial charge in [0.15, 0.2) is 5.13 Å². The van der Waals surface area contributed by atoms with Crippen molar-refractivity contribution < 1.29 is 0 Å². The highest BCUT2D eigenvalue weighted by molar-refractivity contribution is 7.15. The van der Waals surface area contributed by atoms with Gasteiger partial charge in [-0.1, -0.05) is 45.0 Å². The van der Waals surface area contributed by atoms with Crippen molar-refractivity contribution in [2.75, 3.05) is 11.4 Å². The Bertz CT molecular complexity index is 640. The van der Waals surface area contributed by atoms with Crippen molar-refractivity contribution in [2.45, 2.75) is 45.7 Å². The van der Waals surface area contributed by atoms with E-state index in [1.165, 1.54) is 16.0 Å². The summed E-state index contributed by atoms with van der Waals surface area (Å²) >= 11 is 1.76. The molecule has 0 amide bonds. The third kappa shape index (κ3) is 2.83. The Morgan fingerprint density at radius 2 is 1.95 bits per heavy atom. The monoisotopic (exact) mass is 301 g/mol. The zero-order chi connectivity index (χ0) is 15.0. The molecule has 0 fully saturated rings. The number of thiazole rings is 1. The number of fused-ring (bicyclic) bond motifs is 1. The number of anilines is 1. The summed E-state index contributed by atoms with van der Waals surface area (Å²) in [5, 5.41) is 1.12. The normalized spacial score (nSPS) is 15.1. The molecule has 0 aliphatic carbocycles. The first-order valence-electron chi connectivity index (χ1n) is 7.51. The first-order chi connectivity index (χ1) is 9.99. The summed E-state index contributed by atoms with van der Waals surface area (Å²) in [4.78, 5) is 8.52. The Balaban J connectivity index is 1.91. The van der Waals surface area contributed by atoms with Crippen molar-refractivity contribution in [1.29, 1.82) is 0 Å². The summed E-state index contributed by atoms with van der Waals surface area (Å²) in [6.45, 7) is 9.19. The summed E-state index contributed by atoms with van der Waals surface area (Å²) in [5.74, 6) is 0. The molecule has 0 saturated carbocycles. The van der Waals surface area contributed by atoms with Gasteiger partial charge in [-0.2, -0.15) is 0 Å². The van der Waals surface area contributed by atoms with Gasteiger partial charge in [0.05, 0.1) is 5.69 Å². The first-order valence-corrected chi connectivity index (χ1v) is 8.32. The molecule has 0 bridgehead atoms. The second-order valence-corrected chi connectivity index (χ2v) is 7.72. The average molecular weight is 301 g/mol. The van der Waals surface area contributed by atoms with Crippen LogP contribution in [-0.2, 0) is 24.9 Å². The predicted octanol–water partition coefficient (Wildman–Crippen LogP) is 3.46. The molecule has 0 spiro atoms. The van der Waals surface area contributed by atoms with Gasteiger partial charge in [-0.05, 0) is 17.5 Å². The van der Waals surface area contributed by atoms with E-state index in [0.717, 1.165) is 30.3 Å². The Labute approximate surface area is 130 Å². The van der Waals surface area contributed by atoms with Gasteiger partial charge in [0.25, 0.3) is 0 Å². The summed E-state index contributed by atoms with van der Waals surface area (Å²) < 4.78 is 0. The SMILES string of the molecule is CC(C)(C)c1nc(N2CCc3ccccc3C2)sc1CN. The average Bonchev–Trinajstić information content (AvgIpc) is 2.91. The lowest BCUT2D eigenvalue weighted by Crippen LogP contribution is -2.30. The van der Waals surface area contributed by atoms with E-state index in [0.29, 0.717) is 6.54 Å². The van der Waals surface area contributed by atoms with E-state index in [-0.39, 0.29) is 5.41 Å². The Morgan fingerprint density at radius 3 is 2.57 bits per heavy atom. The number of nitrogens with zero attached hydrogens (tertiary/aromatic N) is 2. The lowest BCUT2D eigenvalue weighted by molar-refractivity contribution is 0.565. The van der Waals surface area contributed by atoms with Crippen molar-refractivity contribution in [3.63, 3.8) is 0 Å². The molecule has 112 valence electrons. The van der Waals surface area contributed by atoms with Crippen LogP contribution in [0.15, 0.2) is 24.3 Å². The third-order valence-electron chi connectivity index (χ3n) is 3.98. The van der Waals surface area contributed by atoms with Crippen molar-refractivity contribution in [3.05, 3.63) is 46.0 Å². The highest BCUT2D eigenvalue weighted by Crippen LogP contribution is 2.35. The minimum Gasteiger partial charge on any atom is -0.343 e. The molecular weight excluding hydrogens is 278 g/mol. The summed E-state index contributed by atoms with van der Waals surface area (Å²) in [7, 11) is 0. The standard InChI is InChI=1S/C17H23N3S/c1-17(2,3)15-14(10-18)21-16(19-15)20-9-8-12-6-4-5-7-13(12)11-20/h4-7H,8-11,18H2,1-3H3. The van der Waals surface area contributed by atoms with E-state index >= 15 is 0 Å². The minimum atomic E-state index is 0.0527. The van der Waals surface area contributed by atoms with E-state index in [1.54, 1.807) is 11.3 Å². The highest BCUT2D eigenvalue weighted by Gasteiger charge is 2.25. The second kappa shape index (κ2) is 5.43. The molecule has 21 heavy (non-hydrogen) atoms. The van der Waals surface area contributed by atoms with Gasteiger partial charge in [-0.25, -0.2) is 4.98 Å². The molecule has 3 rings (SSSR count). The summed E-state index contributed by atoms with van der Waals surface area (Å²) in [6, 6.07) is 8.71. The number of rotatable bonds is 2. The molecule has 0 atom stereocenters. The molecule has 0 radical (unpaired) electrons. The Hall–Kier alpha value is -1.39. The maximum Gasteiger partial charge on any atom is 0.186 e. The van der Waals surface area contributed by atoms with Gasteiger partial charge in [0.2, 0.25) is 0 Å². The number of hydrogen-bond acceptors (Lipinski definition) is 4. The van der Waals surface area contributed by atoms with Crippen LogP contribution in [0.1, 0.15) is 42.5 Å². The van der Waals surface area contributed by atoms with Crippen LogP contribution in [0.2, 0.25) is 0 Å². The van der Waals surface area contributed by atoms with Crippen LogP contribution in [0.4, 0.5) is 5.13 Å². The van der Waals surface area contributed by atoms with Crippen LogP contribution in [0, 0.1) is 0 Å². The summed E-state index contributed by atoms with van der Waals surface area (Å²) in [5.41, 5.74) is 10.0. The van der Waals surface area contributed by atoms with Crippen molar-refractivity contribution >= 4 is 16.5 Å². The van der Waals surface area contributed by atoms with Crippen molar-refractivity contribution in [2.24, 2.45) is 5.73 Å². The fourth-order valence-corrected chi connectivity index (χ4v) is 4.03. The second-order valence-electron chi connectivity index (χ2n) is 6.66. The molecule has 1 aliphatic heterocycles. The smallest absolute Gasteiger partial charge is 0.186 e. The molecular formula is C17H23N3S. The van der Waals surface area contributed by atoms with Gasteiger partial charge in [-0.3, -0.25) is 0 Å². The maximum atomic E-state index is 5.92. The molecule has 1 aliphatic rings. The molecule has 0 unspecified atom stereocenters. The van der Waals surface area contributed by atoms with Crippen LogP contribution < -0.4 is 10.6 Å². The highest BCUT2D eigenvalue weighted by atomic mass is 32.1. The fourth-order valence-electron chi connectivity index (χ4n) is 2.86. The van der Waals surface area contributed by atoms with Gasteiger partial charge in [-0.15, -0.1) is 11.3 Å². The van der Waals surface area contributed by atoms with Gasteiger partial charge in [0, 0.05) is 29.9 Å². The molecule has 2 heterocycles. The molecule has 2 N–H and O–H groups in total. The third-order valence-corrected chi connectivity index (χ3v) is 5.12. The van der Waals surface area contributed by atoms with E-state index in [2.05, 4.69) is 49.9 Å². The lowest BCUT2D eigenvalue weighted by Gasteiger charge is -2.28. The van der Waals surface area contributed by atoms with Crippen LogP contribution in [0.5, 0.6) is 0 Å². The Kier molecular flexibility index (Phi) is 3.76. The molecule has 0 saturated heterocycles. The van der Waals surface area contributed by atoms with E-state index in [4.69, 9.17) is 10.7 Å². The molecule has 2 aromatic rings. The molecule has 1 aromatic heterocycles. The quantitative estimate of drug-likeness (QED) is 0.923. The zero-order valence-corrected chi connectivity index (χ0v) is 13.8.